The standard InChI is InChI=1S/C58H72FN5O17/c1-64-42-47(76-56(64)68)45-39(72-51(42)77-52-49-46(79-58(81-49)25-15-6-16-26-58)41(40(29-59)73-52)63-55(67)71-32-35-21-11-4-12-22-35)28-38(62-54(66)70-31-34-19-9-3-10-20-34)50(75-45)74-43-36(60)27-37(61-53(65)69-30-33-17-7-2-8-18-33)44-48(43)80-57(78-44)23-13-5-14-24-57/h2-4,7-12,17-22,36-52H,5-6,13-16,23-32,60H2,1H3,(H,61,65)(H,62,66)(H,63,67)/t36?,37-,38+,39+,40?,41-,42?,43-,44-,45?,46+,47?,48?,49?,50+,51?,52-/m1/s1. The summed E-state index contributed by atoms with van der Waals surface area (Å²) >= 11 is 0. The van der Waals surface area contributed by atoms with Crippen LogP contribution in [0.3, 0.4) is 0 Å². The SMILES string of the molecule is CN1C(=O)OC2C3O[C@H](O[C@@H]4C(N)C[C@@H](NC(=O)OCc5ccccc5)[C@H]5OC6(CCCCC6)OC45)[C@@H](NC(=O)OCc4ccccc4)C[C@@H]3OC(O[C@H]3OC(CF)[C@@H](NC(=O)OCc4ccccc4)[C@@H]4OC5(CCCCC5)OC34)C21. The van der Waals surface area contributed by atoms with Gasteiger partial charge >= 0.3 is 24.4 Å². The van der Waals surface area contributed by atoms with Crippen LogP contribution in [0.2, 0.25) is 0 Å². The molecule has 3 aromatic rings. The van der Waals surface area contributed by atoms with Gasteiger partial charge in [0.25, 0.3) is 0 Å². The molecule has 0 radical (unpaired) electrons. The lowest BCUT2D eigenvalue weighted by Gasteiger charge is -2.51. The van der Waals surface area contributed by atoms with Gasteiger partial charge in [-0.3, -0.25) is 4.90 Å². The van der Waals surface area contributed by atoms with Crippen molar-refractivity contribution in [3.8, 4) is 0 Å². The van der Waals surface area contributed by atoms with E-state index in [4.69, 9.17) is 67.3 Å². The van der Waals surface area contributed by atoms with Gasteiger partial charge in [-0.15, -0.1) is 0 Å². The summed E-state index contributed by atoms with van der Waals surface area (Å²) < 4.78 is 99.6. The molecular formula is C58H72FN5O17. The number of nitrogens with two attached hydrogens (primary N) is 1. The molecule has 81 heavy (non-hydrogen) atoms. The first-order valence-corrected chi connectivity index (χ1v) is 28.6. The average Bonchev–Trinajstić information content (AvgIpc) is 4.19. The lowest BCUT2D eigenvalue weighted by atomic mass is 9.84. The number of benzene rings is 3. The minimum absolute atomic E-state index is 0.0133. The average molecular weight is 1130 g/mol. The van der Waals surface area contributed by atoms with Crippen LogP contribution in [0.4, 0.5) is 23.6 Å². The fourth-order valence-electron chi connectivity index (χ4n) is 13.2. The van der Waals surface area contributed by atoms with Crippen LogP contribution in [0, 0.1) is 0 Å². The maximum absolute atomic E-state index is 15.4. The summed E-state index contributed by atoms with van der Waals surface area (Å²) in [5.41, 5.74) is 9.42. The molecule has 6 saturated heterocycles. The monoisotopic (exact) mass is 1130 g/mol. The molecule has 3 saturated carbocycles. The zero-order chi connectivity index (χ0) is 55.7. The Morgan fingerprint density at radius 2 is 1.10 bits per heavy atom. The number of likely N-dealkylation sites (N-methyl/N-ethyl adjacent to an activating group) is 1. The van der Waals surface area contributed by atoms with Crippen molar-refractivity contribution in [2.45, 2.75) is 212 Å². The Bertz CT molecular complexity index is 2640. The normalized spacial score (nSPS) is 36.3. The first-order chi connectivity index (χ1) is 39.4. The molecular weight excluding hydrogens is 1060 g/mol. The van der Waals surface area contributed by atoms with Crippen LogP contribution >= 0.6 is 0 Å². The Morgan fingerprint density at radius 1 is 0.580 bits per heavy atom. The summed E-state index contributed by atoms with van der Waals surface area (Å²) in [6.07, 6.45) is -7.52. The number of hydrogen-bond acceptors (Lipinski definition) is 18. The number of alkyl carbamates (subject to hydrolysis) is 3. The van der Waals surface area contributed by atoms with Crippen LogP contribution in [0.5, 0.6) is 0 Å². The number of amides is 4. The third-order valence-electron chi connectivity index (χ3n) is 17.2. The Morgan fingerprint density at radius 3 is 1.67 bits per heavy atom. The van der Waals surface area contributed by atoms with Gasteiger partial charge in [-0.1, -0.05) is 104 Å². The third-order valence-corrected chi connectivity index (χ3v) is 17.2. The second-order valence-corrected chi connectivity index (χ2v) is 22.7. The van der Waals surface area contributed by atoms with Crippen molar-refractivity contribution in [1.29, 1.82) is 0 Å². The van der Waals surface area contributed by atoms with Crippen molar-refractivity contribution < 1.29 is 85.1 Å². The van der Waals surface area contributed by atoms with E-state index in [-0.39, 0.29) is 32.7 Å². The van der Waals surface area contributed by atoms with E-state index in [1.54, 1.807) is 7.05 Å². The van der Waals surface area contributed by atoms with Gasteiger partial charge in [0, 0.05) is 45.2 Å². The fraction of sp³-hybridized carbons (Fsp3) is 0.621. The summed E-state index contributed by atoms with van der Waals surface area (Å²) in [5, 5.41) is 8.77. The molecule has 3 aromatic carbocycles. The van der Waals surface area contributed by atoms with E-state index in [2.05, 4.69) is 16.0 Å². The summed E-state index contributed by atoms with van der Waals surface area (Å²) in [6, 6.07) is 23.3. The number of alkyl halides is 1. The maximum Gasteiger partial charge on any atom is 0.410 e. The Hall–Kier alpha value is -5.73. The Labute approximate surface area is 468 Å². The predicted molar refractivity (Wildman–Crippen MR) is 279 cm³/mol. The van der Waals surface area contributed by atoms with Crippen molar-refractivity contribution in [1.82, 2.24) is 20.9 Å². The fourth-order valence-corrected chi connectivity index (χ4v) is 13.2. The van der Waals surface area contributed by atoms with E-state index < -0.39 is 147 Å². The number of carbonyl (C=O) groups excluding carboxylic acids is 4. The highest BCUT2D eigenvalue weighted by atomic mass is 19.1. The molecule has 23 heteroatoms. The molecule has 0 bridgehead atoms. The number of fused-ring (bicyclic) bond motifs is 5. The van der Waals surface area contributed by atoms with Crippen LogP contribution in [-0.4, -0.2) is 159 Å². The molecule has 8 unspecified atom stereocenters. The zero-order valence-electron chi connectivity index (χ0n) is 45.1. The minimum Gasteiger partial charge on any atom is -0.445 e. The van der Waals surface area contributed by atoms with E-state index in [9.17, 15) is 19.2 Å². The van der Waals surface area contributed by atoms with Gasteiger partial charge in [0.2, 0.25) is 0 Å². The molecule has 5 N–H and O–H groups in total. The highest BCUT2D eigenvalue weighted by Crippen LogP contribution is 2.49. The smallest absolute Gasteiger partial charge is 0.410 e. The molecule has 22 nitrogen and oxygen atoms in total. The van der Waals surface area contributed by atoms with E-state index in [0.29, 0.717) is 25.7 Å². The molecule has 438 valence electrons. The minimum atomic E-state index is -1.34. The molecule has 9 fully saturated rings. The molecule has 3 aliphatic carbocycles. The van der Waals surface area contributed by atoms with Crippen molar-refractivity contribution in [3.63, 3.8) is 0 Å². The van der Waals surface area contributed by atoms with Gasteiger partial charge in [-0.2, -0.15) is 0 Å². The molecule has 12 rings (SSSR count). The van der Waals surface area contributed by atoms with Crippen molar-refractivity contribution in [3.05, 3.63) is 108 Å². The van der Waals surface area contributed by atoms with Crippen molar-refractivity contribution in [2.75, 3.05) is 13.7 Å². The van der Waals surface area contributed by atoms with Gasteiger partial charge in [0.15, 0.2) is 36.5 Å². The molecule has 4 amide bonds. The van der Waals surface area contributed by atoms with Crippen molar-refractivity contribution >= 4 is 24.4 Å². The van der Waals surface area contributed by atoms with Gasteiger partial charge < -0.3 is 83.3 Å². The molecule has 0 aromatic heterocycles. The van der Waals surface area contributed by atoms with Gasteiger partial charge in [-0.25, -0.2) is 23.6 Å². The number of carbonyl (C=O) groups is 4. The van der Waals surface area contributed by atoms with Crippen LogP contribution < -0.4 is 21.7 Å². The second-order valence-electron chi connectivity index (χ2n) is 22.7. The van der Waals surface area contributed by atoms with Gasteiger partial charge in [0.1, 0.15) is 75.3 Å². The van der Waals surface area contributed by atoms with Gasteiger partial charge in [0.05, 0.1) is 24.2 Å². The number of ether oxygens (including phenoxy) is 13. The Kier molecular flexibility index (Phi) is 16.7. The van der Waals surface area contributed by atoms with Crippen molar-refractivity contribution in [2.24, 2.45) is 5.73 Å². The van der Waals surface area contributed by atoms with Crippen LogP contribution in [0.15, 0.2) is 91.0 Å². The maximum atomic E-state index is 15.4. The van der Waals surface area contributed by atoms with Crippen LogP contribution in [0.1, 0.15) is 93.7 Å². The Balaban J connectivity index is 0.793. The molecule has 6 heterocycles. The summed E-state index contributed by atoms with van der Waals surface area (Å²) in [5.74, 6) is -2.00. The van der Waals surface area contributed by atoms with E-state index in [0.717, 1.165) is 55.2 Å². The lowest BCUT2D eigenvalue weighted by molar-refractivity contribution is -0.368. The van der Waals surface area contributed by atoms with Gasteiger partial charge in [-0.05, 0) is 48.8 Å². The summed E-state index contributed by atoms with van der Waals surface area (Å²) in [4.78, 5) is 55.8. The number of nitrogens with one attached hydrogen (secondary N) is 3. The molecule has 17 atom stereocenters. The highest BCUT2D eigenvalue weighted by Gasteiger charge is 2.65. The van der Waals surface area contributed by atoms with E-state index >= 15 is 4.39 Å². The topological polar surface area (TPSA) is 254 Å². The number of halogens is 1. The van der Waals surface area contributed by atoms with Crippen LogP contribution in [-0.2, 0) is 81.4 Å². The molecule has 2 spiro atoms. The number of hydrogen-bond donors (Lipinski definition) is 4. The molecule has 6 aliphatic heterocycles. The first-order valence-electron chi connectivity index (χ1n) is 28.6. The summed E-state index contributed by atoms with van der Waals surface area (Å²) in [7, 11) is 1.54. The largest absolute Gasteiger partial charge is 0.445 e. The number of nitrogens with zero attached hydrogens (tertiary/aromatic N) is 1. The molecule has 9 aliphatic rings. The predicted octanol–water partition coefficient (Wildman–Crippen LogP) is 6.25. The van der Waals surface area contributed by atoms with E-state index in [1.807, 2.05) is 91.0 Å². The number of rotatable bonds is 14. The van der Waals surface area contributed by atoms with Crippen LogP contribution in [0.25, 0.3) is 0 Å². The third kappa shape index (κ3) is 12.1. The zero-order valence-corrected chi connectivity index (χ0v) is 45.1. The quantitative estimate of drug-likeness (QED) is 0.130. The first kappa shape index (κ1) is 55.8. The second kappa shape index (κ2) is 24.2. The van der Waals surface area contributed by atoms with E-state index in [1.165, 1.54) is 4.90 Å². The summed E-state index contributed by atoms with van der Waals surface area (Å²) in [6.45, 7) is -1.04. The highest BCUT2D eigenvalue weighted by molar-refractivity contribution is 5.71. The lowest BCUT2D eigenvalue weighted by Crippen LogP contribution is -2.69.